The summed E-state index contributed by atoms with van der Waals surface area (Å²) < 4.78 is 0. The third kappa shape index (κ3) is 1.84. The van der Waals surface area contributed by atoms with E-state index >= 15 is 0 Å². The minimum atomic E-state index is 0.104. The van der Waals surface area contributed by atoms with Crippen molar-refractivity contribution in [3.63, 3.8) is 0 Å². The van der Waals surface area contributed by atoms with Crippen LogP contribution in [0.15, 0.2) is 18.2 Å². The van der Waals surface area contributed by atoms with Gasteiger partial charge in [-0.1, -0.05) is 38.0 Å². The molecule has 1 aromatic rings. The Labute approximate surface area is 109 Å². The molecule has 1 atom stereocenters. The van der Waals surface area contributed by atoms with E-state index in [1.807, 2.05) is 0 Å². The summed E-state index contributed by atoms with van der Waals surface area (Å²) >= 11 is 0. The van der Waals surface area contributed by atoms with E-state index in [4.69, 9.17) is 0 Å². The standard InChI is InChI=1S/C16H21NO/c1-10-6-8-12(9-7-10)14-13-5-3-4-11(2)15(13)17-16(14)18/h3-5,10,12,14H,6-9H2,1-2H3,(H,17,18). The Morgan fingerprint density at radius 3 is 2.61 bits per heavy atom. The van der Waals surface area contributed by atoms with Gasteiger partial charge in [-0.05, 0) is 42.7 Å². The molecule has 3 rings (SSSR count). The summed E-state index contributed by atoms with van der Waals surface area (Å²) in [6.45, 7) is 4.40. The number of nitrogens with one attached hydrogen (secondary N) is 1. The maximum absolute atomic E-state index is 12.3. The zero-order valence-corrected chi connectivity index (χ0v) is 11.2. The van der Waals surface area contributed by atoms with Crippen LogP contribution in [0.5, 0.6) is 0 Å². The van der Waals surface area contributed by atoms with Crippen LogP contribution in [0.25, 0.3) is 0 Å². The molecule has 0 aromatic heterocycles. The molecule has 1 saturated carbocycles. The van der Waals surface area contributed by atoms with E-state index in [2.05, 4.69) is 37.4 Å². The quantitative estimate of drug-likeness (QED) is 0.797. The third-order valence-corrected chi connectivity index (χ3v) is 4.70. The van der Waals surface area contributed by atoms with Gasteiger partial charge in [-0.25, -0.2) is 0 Å². The molecule has 2 aliphatic rings. The molecule has 1 heterocycles. The van der Waals surface area contributed by atoms with Crippen molar-refractivity contribution in [1.82, 2.24) is 0 Å². The number of benzene rings is 1. The number of aryl methyl sites for hydroxylation is 1. The van der Waals surface area contributed by atoms with Gasteiger partial charge in [0.25, 0.3) is 0 Å². The van der Waals surface area contributed by atoms with Gasteiger partial charge in [-0.3, -0.25) is 4.79 Å². The summed E-state index contributed by atoms with van der Waals surface area (Å²) in [5, 5.41) is 3.09. The molecule has 1 unspecified atom stereocenters. The minimum absolute atomic E-state index is 0.104. The van der Waals surface area contributed by atoms with Crippen molar-refractivity contribution in [1.29, 1.82) is 0 Å². The van der Waals surface area contributed by atoms with Gasteiger partial charge in [-0.15, -0.1) is 0 Å². The minimum Gasteiger partial charge on any atom is -0.325 e. The van der Waals surface area contributed by atoms with Crippen LogP contribution in [-0.4, -0.2) is 5.91 Å². The van der Waals surface area contributed by atoms with Gasteiger partial charge in [0.05, 0.1) is 5.92 Å². The molecule has 2 heteroatoms. The van der Waals surface area contributed by atoms with Crippen LogP contribution in [0.3, 0.4) is 0 Å². The number of para-hydroxylation sites is 1. The number of hydrogen-bond donors (Lipinski definition) is 1. The van der Waals surface area contributed by atoms with Crippen molar-refractivity contribution in [3.05, 3.63) is 29.3 Å². The molecule has 18 heavy (non-hydrogen) atoms. The summed E-state index contributed by atoms with van der Waals surface area (Å²) in [6.07, 6.45) is 4.95. The first-order valence-corrected chi connectivity index (χ1v) is 7.07. The SMILES string of the molecule is Cc1cccc2c1NC(=O)C2C1CCC(C)CC1. The van der Waals surface area contributed by atoms with Crippen molar-refractivity contribution in [2.24, 2.45) is 11.8 Å². The van der Waals surface area contributed by atoms with E-state index in [1.165, 1.54) is 36.8 Å². The molecule has 96 valence electrons. The summed E-state index contributed by atoms with van der Waals surface area (Å²) in [6, 6.07) is 6.28. The lowest BCUT2D eigenvalue weighted by Gasteiger charge is -2.29. The molecule has 1 aromatic carbocycles. The average Bonchev–Trinajstić information content (AvgIpc) is 2.69. The fraction of sp³-hybridized carbons (Fsp3) is 0.562. The Bertz CT molecular complexity index is 472. The van der Waals surface area contributed by atoms with Crippen LogP contribution in [0.1, 0.15) is 49.7 Å². The summed E-state index contributed by atoms with van der Waals surface area (Å²) in [5.41, 5.74) is 3.50. The lowest BCUT2D eigenvalue weighted by atomic mass is 9.74. The van der Waals surface area contributed by atoms with Crippen LogP contribution >= 0.6 is 0 Å². The van der Waals surface area contributed by atoms with Gasteiger partial charge in [-0.2, -0.15) is 0 Å². The Morgan fingerprint density at radius 1 is 1.17 bits per heavy atom. The number of amides is 1. The largest absolute Gasteiger partial charge is 0.325 e. The van der Waals surface area contributed by atoms with Gasteiger partial charge in [0.1, 0.15) is 0 Å². The first-order chi connectivity index (χ1) is 8.66. The van der Waals surface area contributed by atoms with E-state index in [0.717, 1.165) is 11.6 Å². The lowest BCUT2D eigenvalue weighted by molar-refractivity contribution is -0.118. The maximum atomic E-state index is 12.3. The molecule has 0 spiro atoms. The van der Waals surface area contributed by atoms with Crippen LogP contribution in [0.2, 0.25) is 0 Å². The number of carbonyl (C=O) groups excluding carboxylic acids is 1. The van der Waals surface area contributed by atoms with Crippen LogP contribution in [0.4, 0.5) is 5.69 Å². The molecular formula is C16H21NO. The molecule has 0 saturated heterocycles. The highest BCUT2D eigenvalue weighted by atomic mass is 16.2. The second kappa shape index (κ2) is 4.42. The van der Waals surface area contributed by atoms with Crippen molar-refractivity contribution in [2.75, 3.05) is 5.32 Å². The molecule has 1 fully saturated rings. The topological polar surface area (TPSA) is 29.1 Å². The second-order valence-electron chi connectivity index (χ2n) is 6.03. The number of fused-ring (bicyclic) bond motifs is 1. The van der Waals surface area contributed by atoms with E-state index < -0.39 is 0 Å². The van der Waals surface area contributed by atoms with E-state index in [-0.39, 0.29) is 11.8 Å². The molecule has 0 radical (unpaired) electrons. The van der Waals surface area contributed by atoms with Crippen LogP contribution < -0.4 is 5.32 Å². The van der Waals surface area contributed by atoms with Crippen LogP contribution in [0, 0.1) is 18.8 Å². The zero-order valence-electron chi connectivity index (χ0n) is 11.2. The maximum Gasteiger partial charge on any atom is 0.232 e. The van der Waals surface area contributed by atoms with Gasteiger partial charge < -0.3 is 5.32 Å². The molecule has 1 aliphatic heterocycles. The van der Waals surface area contributed by atoms with Gasteiger partial charge >= 0.3 is 0 Å². The number of carbonyl (C=O) groups is 1. The summed E-state index contributed by atoms with van der Waals surface area (Å²) in [4.78, 5) is 12.3. The van der Waals surface area contributed by atoms with Crippen molar-refractivity contribution < 1.29 is 4.79 Å². The Kier molecular flexibility index (Phi) is 2.89. The number of hydrogen-bond acceptors (Lipinski definition) is 1. The normalized spacial score (nSPS) is 31.0. The number of anilines is 1. The highest BCUT2D eigenvalue weighted by molar-refractivity contribution is 6.03. The fourth-order valence-electron chi connectivity index (χ4n) is 3.55. The Morgan fingerprint density at radius 2 is 1.89 bits per heavy atom. The second-order valence-corrected chi connectivity index (χ2v) is 6.03. The molecular weight excluding hydrogens is 222 g/mol. The van der Waals surface area contributed by atoms with E-state index in [0.29, 0.717) is 5.92 Å². The summed E-state index contributed by atoms with van der Waals surface area (Å²) in [7, 11) is 0. The van der Waals surface area contributed by atoms with E-state index in [1.54, 1.807) is 0 Å². The van der Waals surface area contributed by atoms with Gasteiger partial charge in [0, 0.05) is 5.69 Å². The van der Waals surface area contributed by atoms with Crippen molar-refractivity contribution >= 4 is 11.6 Å². The first kappa shape index (κ1) is 11.8. The monoisotopic (exact) mass is 243 g/mol. The molecule has 1 N–H and O–H groups in total. The predicted octanol–water partition coefficient (Wildman–Crippen LogP) is 3.86. The first-order valence-electron chi connectivity index (χ1n) is 7.07. The lowest BCUT2D eigenvalue weighted by Crippen LogP contribution is -2.24. The van der Waals surface area contributed by atoms with Crippen molar-refractivity contribution in [3.8, 4) is 0 Å². The third-order valence-electron chi connectivity index (χ3n) is 4.70. The smallest absolute Gasteiger partial charge is 0.232 e. The zero-order chi connectivity index (χ0) is 12.7. The number of rotatable bonds is 1. The molecule has 2 nitrogen and oxygen atoms in total. The van der Waals surface area contributed by atoms with Gasteiger partial charge in [0.15, 0.2) is 0 Å². The highest BCUT2D eigenvalue weighted by Crippen LogP contribution is 2.44. The molecule has 1 amide bonds. The van der Waals surface area contributed by atoms with Crippen molar-refractivity contribution in [2.45, 2.75) is 45.4 Å². The fourth-order valence-corrected chi connectivity index (χ4v) is 3.55. The average molecular weight is 243 g/mol. The Hall–Kier alpha value is -1.31. The van der Waals surface area contributed by atoms with Crippen LogP contribution in [-0.2, 0) is 4.79 Å². The molecule has 1 aliphatic carbocycles. The predicted molar refractivity (Wildman–Crippen MR) is 73.7 cm³/mol. The molecule has 0 bridgehead atoms. The highest BCUT2D eigenvalue weighted by Gasteiger charge is 2.38. The van der Waals surface area contributed by atoms with Gasteiger partial charge in [0.2, 0.25) is 5.91 Å². The van der Waals surface area contributed by atoms with E-state index in [9.17, 15) is 4.79 Å². The summed E-state index contributed by atoms with van der Waals surface area (Å²) in [5.74, 6) is 1.71. The Balaban J connectivity index is 1.90.